The van der Waals surface area contributed by atoms with E-state index in [9.17, 15) is 9.59 Å². The highest BCUT2D eigenvalue weighted by Crippen LogP contribution is 2.08. The Kier molecular flexibility index (Phi) is 9.43. The number of carbonyl (C=O) groups is 2. The van der Waals surface area contributed by atoms with Gasteiger partial charge in [0.05, 0.1) is 0 Å². The van der Waals surface area contributed by atoms with Gasteiger partial charge in [-0.05, 0) is 38.1 Å². The Labute approximate surface area is 103 Å². The molecule has 0 aromatic heterocycles. The number of primary amides is 1. The third-order valence-electron chi connectivity index (χ3n) is 2.70. The van der Waals surface area contributed by atoms with E-state index >= 15 is 0 Å². The number of hydrogen-bond donors (Lipinski definition) is 3. The summed E-state index contributed by atoms with van der Waals surface area (Å²) < 4.78 is 0. The maximum atomic E-state index is 11.4. The van der Waals surface area contributed by atoms with Gasteiger partial charge in [0.25, 0.3) is 0 Å². The molecule has 0 rings (SSSR count). The van der Waals surface area contributed by atoms with E-state index in [-0.39, 0.29) is 11.8 Å². The van der Waals surface area contributed by atoms with E-state index < -0.39 is 0 Å². The van der Waals surface area contributed by atoms with Crippen molar-refractivity contribution in [3.8, 4) is 0 Å². The van der Waals surface area contributed by atoms with Crippen molar-refractivity contribution < 1.29 is 9.59 Å². The molecule has 0 aromatic rings. The molecule has 0 spiro atoms. The molecule has 0 bridgehead atoms. The lowest BCUT2D eigenvalue weighted by Crippen LogP contribution is -2.25. The van der Waals surface area contributed by atoms with E-state index in [1.54, 1.807) is 0 Å². The van der Waals surface area contributed by atoms with Crippen LogP contribution in [0.3, 0.4) is 0 Å². The Hall–Kier alpha value is -1.10. The smallest absolute Gasteiger partial charge is 0.220 e. The molecule has 5 heteroatoms. The predicted molar refractivity (Wildman–Crippen MR) is 68.1 cm³/mol. The third kappa shape index (κ3) is 11.2. The first-order valence-corrected chi connectivity index (χ1v) is 6.31. The summed E-state index contributed by atoms with van der Waals surface area (Å²) in [6.45, 7) is 3.40. The van der Waals surface area contributed by atoms with Gasteiger partial charge in [-0.15, -0.1) is 0 Å². The first-order valence-electron chi connectivity index (χ1n) is 6.31. The number of rotatable bonds is 10. The minimum absolute atomic E-state index is 0.0768. The van der Waals surface area contributed by atoms with Crippen LogP contribution in [0.2, 0.25) is 0 Å². The highest BCUT2D eigenvalue weighted by atomic mass is 16.1. The van der Waals surface area contributed by atoms with Crippen molar-refractivity contribution in [2.45, 2.75) is 45.4 Å². The van der Waals surface area contributed by atoms with Crippen LogP contribution >= 0.6 is 0 Å². The summed E-state index contributed by atoms with van der Waals surface area (Å²) in [6.07, 6.45) is 4.32. The van der Waals surface area contributed by atoms with Crippen LogP contribution in [0, 0.1) is 5.92 Å². The van der Waals surface area contributed by atoms with E-state index in [2.05, 4.69) is 12.2 Å². The summed E-state index contributed by atoms with van der Waals surface area (Å²) in [6, 6.07) is 0. The topological polar surface area (TPSA) is 98.2 Å². The van der Waals surface area contributed by atoms with Crippen molar-refractivity contribution >= 4 is 11.8 Å². The number of amides is 2. The molecule has 1 unspecified atom stereocenters. The van der Waals surface area contributed by atoms with Gasteiger partial charge in [-0.1, -0.05) is 6.92 Å². The molecule has 17 heavy (non-hydrogen) atoms. The zero-order valence-corrected chi connectivity index (χ0v) is 10.7. The summed E-state index contributed by atoms with van der Waals surface area (Å²) in [5.74, 6) is 0.292. The molecule has 0 aromatic carbocycles. The van der Waals surface area contributed by atoms with Crippen molar-refractivity contribution in [2.24, 2.45) is 17.4 Å². The molecule has 0 saturated carbocycles. The number of nitrogens with one attached hydrogen (secondary N) is 1. The van der Waals surface area contributed by atoms with Crippen molar-refractivity contribution in [1.82, 2.24) is 5.32 Å². The van der Waals surface area contributed by atoms with Crippen molar-refractivity contribution in [3.63, 3.8) is 0 Å². The summed E-state index contributed by atoms with van der Waals surface area (Å²) in [4.78, 5) is 21.9. The van der Waals surface area contributed by atoms with Crippen LogP contribution in [0.25, 0.3) is 0 Å². The molecule has 5 N–H and O–H groups in total. The molecule has 0 saturated heterocycles. The molecule has 0 fully saturated rings. The lowest BCUT2D eigenvalue weighted by Gasteiger charge is -2.09. The van der Waals surface area contributed by atoms with Crippen LogP contribution in [0.1, 0.15) is 45.4 Å². The highest BCUT2D eigenvalue weighted by Gasteiger charge is 2.05. The van der Waals surface area contributed by atoms with Gasteiger partial charge < -0.3 is 16.8 Å². The normalized spacial score (nSPS) is 12.1. The van der Waals surface area contributed by atoms with Crippen LogP contribution in [0.4, 0.5) is 0 Å². The SMILES string of the molecule is CC(CCN)CCC(=O)NCCCCC(N)=O. The standard InChI is InChI=1S/C12H25N3O2/c1-10(7-8-13)5-6-12(17)15-9-3-2-4-11(14)16/h10H,2-9,13H2,1H3,(H2,14,16)(H,15,17). The summed E-state index contributed by atoms with van der Waals surface area (Å²) >= 11 is 0. The number of unbranched alkanes of at least 4 members (excludes halogenated alkanes) is 1. The number of hydrogen-bond acceptors (Lipinski definition) is 3. The Morgan fingerprint density at radius 2 is 1.88 bits per heavy atom. The monoisotopic (exact) mass is 243 g/mol. The Balaban J connectivity index is 3.37. The lowest BCUT2D eigenvalue weighted by molar-refractivity contribution is -0.121. The van der Waals surface area contributed by atoms with Crippen molar-refractivity contribution in [3.05, 3.63) is 0 Å². The summed E-state index contributed by atoms with van der Waals surface area (Å²) in [7, 11) is 0. The molecule has 2 amide bonds. The van der Waals surface area contributed by atoms with E-state index in [1.165, 1.54) is 0 Å². The van der Waals surface area contributed by atoms with E-state index in [1.807, 2.05) is 0 Å². The molecule has 0 aliphatic rings. The molecule has 0 aliphatic carbocycles. The maximum Gasteiger partial charge on any atom is 0.220 e. The lowest BCUT2D eigenvalue weighted by atomic mass is 10.0. The quantitative estimate of drug-likeness (QED) is 0.488. The minimum atomic E-state index is -0.285. The molecule has 100 valence electrons. The molecule has 5 nitrogen and oxygen atoms in total. The number of nitrogens with two attached hydrogens (primary N) is 2. The largest absolute Gasteiger partial charge is 0.370 e. The first-order chi connectivity index (χ1) is 8.06. The van der Waals surface area contributed by atoms with Gasteiger partial charge in [0, 0.05) is 19.4 Å². The van der Waals surface area contributed by atoms with Gasteiger partial charge in [0.15, 0.2) is 0 Å². The van der Waals surface area contributed by atoms with Crippen LogP contribution in [0.5, 0.6) is 0 Å². The Bertz CT molecular complexity index is 232. The maximum absolute atomic E-state index is 11.4. The summed E-state index contributed by atoms with van der Waals surface area (Å²) in [5, 5.41) is 2.83. The predicted octanol–water partition coefficient (Wildman–Crippen LogP) is 0.523. The molecule has 0 radical (unpaired) electrons. The van der Waals surface area contributed by atoms with Crippen LogP contribution in [0.15, 0.2) is 0 Å². The highest BCUT2D eigenvalue weighted by molar-refractivity contribution is 5.75. The first kappa shape index (κ1) is 15.9. The van der Waals surface area contributed by atoms with E-state index in [0.717, 1.165) is 25.7 Å². The second-order valence-corrected chi connectivity index (χ2v) is 4.49. The van der Waals surface area contributed by atoms with Crippen molar-refractivity contribution in [2.75, 3.05) is 13.1 Å². The van der Waals surface area contributed by atoms with Crippen molar-refractivity contribution in [1.29, 1.82) is 0 Å². The van der Waals surface area contributed by atoms with Gasteiger partial charge in [0.2, 0.25) is 11.8 Å². The van der Waals surface area contributed by atoms with Gasteiger partial charge in [0.1, 0.15) is 0 Å². The zero-order valence-electron chi connectivity index (χ0n) is 10.7. The Morgan fingerprint density at radius 3 is 2.47 bits per heavy atom. The van der Waals surface area contributed by atoms with Crippen LogP contribution < -0.4 is 16.8 Å². The van der Waals surface area contributed by atoms with Gasteiger partial charge >= 0.3 is 0 Å². The zero-order chi connectivity index (χ0) is 13.1. The molecule has 0 heterocycles. The fourth-order valence-electron chi connectivity index (χ4n) is 1.55. The fourth-order valence-corrected chi connectivity index (χ4v) is 1.55. The Morgan fingerprint density at radius 1 is 1.18 bits per heavy atom. The van der Waals surface area contributed by atoms with Crippen LogP contribution in [-0.4, -0.2) is 24.9 Å². The van der Waals surface area contributed by atoms with Crippen LogP contribution in [-0.2, 0) is 9.59 Å². The fraction of sp³-hybridized carbons (Fsp3) is 0.833. The van der Waals surface area contributed by atoms with Gasteiger partial charge in [-0.3, -0.25) is 9.59 Å². The van der Waals surface area contributed by atoms with Gasteiger partial charge in [-0.2, -0.15) is 0 Å². The average molecular weight is 243 g/mol. The molecule has 0 aliphatic heterocycles. The second kappa shape index (κ2) is 10.1. The van der Waals surface area contributed by atoms with Gasteiger partial charge in [-0.25, -0.2) is 0 Å². The van der Waals surface area contributed by atoms with E-state index in [0.29, 0.717) is 31.8 Å². The molecular weight excluding hydrogens is 218 g/mol. The average Bonchev–Trinajstić information content (AvgIpc) is 2.26. The number of carbonyl (C=O) groups excluding carboxylic acids is 2. The van der Waals surface area contributed by atoms with E-state index in [4.69, 9.17) is 11.5 Å². The molecular formula is C12H25N3O2. The summed E-state index contributed by atoms with van der Waals surface area (Å²) in [5.41, 5.74) is 10.4. The second-order valence-electron chi connectivity index (χ2n) is 4.49. The molecule has 1 atom stereocenters. The third-order valence-corrected chi connectivity index (χ3v) is 2.70. The minimum Gasteiger partial charge on any atom is -0.370 e.